The number of benzene rings is 1. The summed E-state index contributed by atoms with van der Waals surface area (Å²) >= 11 is 0. The molecular formula is C13H21N. The Morgan fingerprint density at radius 3 is 2.57 bits per heavy atom. The summed E-state index contributed by atoms with van der Waals surface area (Å²) in [7, 11) is 0. The summed E-state index contributed by atoms with van der Waals surface area (Å²) in [6.07, 6.45) is 2.36. The van der Waals surface area contributed by atoms with E-state index < -0.39 is 0 Å². The summed E-state index contributed by atoms with van der Waals surface area (Å²) in [6.45, 7) is 8.76. The van der Waals surface area contributed by atoms with E-state index in [2.05, 4.69) is 44.3 Å². The highest BCUT2D eigenvalue weighted by Crippen LogP contribution is 2.10. The second-order valence-corrected chi connectivity index (χ2v) is 3.93. The van der Waals surface area contributed by atoms with Crippen LogP contribution >= 0.6 is 0 Å². The molecule has 0 aliphatic carbocycles. The molecule has 1 aromatic carbocycles. The average Bonchev–Trinajstić information content (AvgIpc) is 2.15. The predicted octanol–water partition coefficient (Wildman–Crippen LogP) is 2.85. The SMILES string of the molecule is CCCNCCc1ccc(C)cc1C. The molecule has 1 N–H and O–H groups in total. The second kappa shape index (κ2) is 5.82. The fraction of sp³-hybridized carbons (Fsp3) is 0.538. The molecule has 0 aromatic heterocycles. The van der Waals surface area contributed by atoms with Crippen molar-refractivity contribution in [1.82, 2.24) is 5.32 Å². The highest BCUT2D eigenvalue weighted by atomic mass is 14.8. The molecule has 14 heavy (non-hydrogen) atoms. The van der Waals surface area contributed by atoms with E-state index in [-0.39, 0.29) is 0 Å². The maximum atomic E-state index is 3.43. The fourth-order valence-corrected chi connectivity index (χ4v) is 1.65. The maximum absolute atomic E-state index is 3.43. The first-order chi connectivity index (χ1) is 6.74. The predicted molar refractivity (Wildman–Crippen MR) is 62.8 cm³/mol. The third kappa shape index (κ3) is 3.51. The van der Waals surface area contributed by atoms with Crippen LogP contribution in [-0.4, -0.2) is 13.1 Å². The highest BCUT2D eigenvalue weighted by Gasteiger charge is 1.97. The average molecular weight is 191 g/mol. The van der Waals surface area contributed by atoms with Crippen LogP contribution in [-0.2, 0) is 6.42 Å². The minimum Gasteiger partial charge on any atom is -0.316 e. The number of hydrogen-bond acceptors (Lipinski definition) is 1. The molecule has 1 heteroatoms. The molecule has 0 spiro atoms. The van der Waals surface area contributed by atoms with Crippen LogP contribution in [0.3, 0.4) is 0 Å². The van der Waals surface area contributed by atoms with Crippen LogP contribution in [0.15, 0.2) is 18.2 Å². The van der Waals surface area contributed by atoms with Crippen molar-refractivity contribution < 1.29 is 0 Å². The van der Waals surface area contributed by atoms with Gasteiger partial charge in [0.15, 0.2) is 0 Å². The molecule has 0 atom stereocenters. The van der Waals surface area contributed by atoms with Gasteiger partial charge in [-0.25, -0.2) is 0 Å². The van der Waals surface area contributed by atoms with E-state index in [1.807, 2.05) is 0 Å². The van der Waals surface area contributed by atoms with Gasteiger partial charge in [-0.05, 0) is 50.9 Å². The molecule has 1 nitrogen and oxygen atoms in total. The van der Waals surface area contributed by atoms with Gasteiger partial charge in [0.05, 0.1) is 0 Å². The quantitative estimate of drug-likeness (QED) is 0.706. The van der Waals surface area contributed by atoms with E-state index in [4.69, 9.17) is 0 Å². The van der Waals surface area contributed by atoms with Crippen molar-refractivity contribution in [3.05, 3.63) is 34.9 Å². The van der Waals surface area contributed by atoms with E-state index in [1.54, 1.807) is 0 Å². The third-order valence-electron chi connectivity index (χ3n) is 2.50. The second-order valence-electron chi connectivity index (χ2n) is 3.93. The molecule has 1 rings (SSSR count). The van der Waals surface area contributed by atoms with Gasteiger partial charge in [-0.3, -0.25) is 0 Å². The summed E-state index contributed by atoms with van der Waals surface area (Å²) in [5.41, 5.74) is 4.25. The van der Waals surface area contributed by atoms with Crippen LogP contribution in [0.4, 0.5) is 0 Å². The monoisotopic (exact) mass is 191 g/mol. The molecule has 0 aliphatic rings. The van der Waals surface area contributed by atoms with Gasteiger partial charge in [0.25, 0.3) is 0 Å². The van der Waals surface area contributed by atoms with Crippen molar-refractivity contribution in [3.63, 3.8) is 0 Å². The first kappa shape index (κ1) is 11.3. The Hall–Kier alpha value is -0.820. The largest absolute Gasteiger partial charge is 0.316 e. The molecule has 0 fully saturated rings. The van der Waals surface area contributed by atoms with Crippen LogP contribution in [0, 0.1) is 13.8 Å². The van der Waals surface area contributed by atoms with Crippen LogP contribution < -0.4 is 5.32 Å². The topological polar surface area (TPSA) is 12.0 Å². The van der Waals surface area contributed by atoms with Crippen LogP contribution in [0.1, 0.15) is 30.0 Å². The minimum atomic E-state index is 1.09. The Bertz CT molecular complexity index is 279. The van der Waals surface area contributed by atoms with Crippen molar-refractivity contribution in [2.24, 2.45) is 0 Å². The van der Waals surface area contributed by atoms with E-state index in [9.17, 15) is 0 Å². The number of hydrogen-bond donors (Lipinski definition) is 1. The van der Waals surface area contributed by atoms with E-state index in [0.717, 1.165) is 19.5 Å². The molecule has 1 aromatic rings. The lowest BCUT2D eigenvalue weighted by Gasteiger charge is -2.07. The van der Waals surface area contributed by atoms with Gasteiger partial charge in [0, 0.05) is 0 Å². The van der Waals surface area contributed by atoms with Crippen molar-refractivity contribution in [1.29, 1.82) is 0 Å². The van der Waals surface area contributed by atoms with Crippen molar-refractivity contribution in [2.75, 3.05) is 13.1 Å². The maximum Gasteiger partial charge on any atom is -0.000825 e. The Balaban J connectivity index is 2.42. The summed E-state index contributed by atoms with van der Waals surface area (Å²) in [4.78, 5) is 0. The van der Waals surface area contributed by atoms with Gasteiger partial charge in [0.2, 0.25) is 0 Å². The molecule has 0 heterocycles. The number of nitrogens with one attached hydrogen (secondary N) is 1. The Kier molecular flexibility index (Phi) is 4.68. The Labute approximate surface area is 87.5 Å². The molecule has 0 amide bonds. The molecule has 0 bridgehead atoms. The zero-order chi connectivity index (χ0) is 10.4. The lowest BCUT2D eigenvalue weighted by Crippen LogP contribution is -2.18. The fourth-order valence-electron chi connectivity index (χ4n) is 1.65. The highest BCUT2D eigenvalue weighted by molar-refractivity contribution is 5.30. The molecule has 0 unspecified atom stereocenters. The molecule has 0 aliphatic heterocycles. The first-order valence-electron chi connectivity index (χ1n) is 5.51. The zero-order valence-corrected chi connectivity index (χ0v) is 9.56. The Morgan fingerprint density at radius 1 is 1.14 bits per heavy atom. The summed E-state index contributed by atoms with van der Waals surface area (Å²) in [5.74, 6) is 0. The first-order valence-corrected chi connectivity index (χ1v) is 5.51. The van der Waals surface area contributed by atoms with E-state index in [0.29, 0.717) is 0 Å². The summed E-state index contributed by atoms with van der Waals surface area (Å²) in [5, 5.41) is 3.43. The Morgan fingerprint density at radius 2 is 1.93 bits per heavy atom. The van der Waals surface area contributed by atoms with E-state index >= 15 is 0 Å². The molecule has 0 saturated heterocycles. The molecule has 0 radical (unpaired) electrons. The lowest BCUT2D eigenvalue weighted by atomic mass is 10.0. The van der Waals surface area contributed by atoms with Gasteiger partial charge in [0.1, 0.15) is 0 Å². The third-order valence-corrected chi connectivity index (χ3v) is 2.50. The normalized spacial score (nSPS) is 10.5. The standard InChI is InChI=1S/C13H21N/c1-4-8-14-9-7-13-6-5-11(2)10-12(13)3/h5-6,10,14H,4,7-9H2,1-3H3. The van der Waals surface area contributed by atoms with E-state index in [1.165, 1.54) is 23.1 Å². The van der Waals surface area contributed by atoms with Gasteiger partial charge < -0.3 is 5.32 Å². The van der Waals surface area contributed by atoms with Gasteiger partial charge in [-0.15, -0.1) is 0 Å². The van der Waals surface area contributed by atoms with Crippen LogP contribution in [0.5, 0.6) is 0 Å². The molecular weight excluding hydrogens is 170 g/mol. The minimum absolute atomic E-state index is 1.09. The van der Waals surface area contributed by atoms with Crippen molar-refractivity contribution in [3.8, 4) is 0 Å². The molecule has 78 valence electrons. The summed E-state index contributed by atoms with van der Waals surface area (Å²) in [6, 6.07) is 6.70. The number of aryl methyl sites for hydroxylation is 2. The van der Waals surface area contributed by atoms with Crippen LogP contribution in [0.2, 0.25) is 0 Å². The van der Waals surface area contributed by atoms with Crippen molar-refractivity contribution in [2.45, 2.75) is 33.6 Å². The molecule has 0 saturated carbocycles. The lowest BCUT2D eigenvalue weighted by molar-refractivity contribution is 0.670. The van der Waals surface area contributed by atoms with Crippen molar-refractivity contribution >= 4 is 0 Å². The zero-order valence-electron chi connectivity index (χ0n) is 9.56. The smallest absolute Gasteiger partial charge is 0.000825 e. The number of rotatable bonds is 5. The summed E-state index contributed by atoms with van der Waals surface area (Å²) < 4.78 is 0. The van der Waals surface area contributed by atoms with Gasteiger partial charge in [-0.2, -0.15) is 0 Å². The van der Waals surface area contributed by atoms with Crippen LogP contribution in [0.25, 0.3) is 0 Å². The van der Waals surface area contributed by atoms with Gasteiger partial charge >= 0.3 is 0 Å². The van der Waals surface area contributed by atoms with Gasteiger partial charge in [-0.1, -0.05) is 30.7 Å².